The van der Waals surface area contributed by atoms with Crippen molar-refractivity contribution in [3.8, 4) is 5.69 Å². The number of carbonyl (C=O) groups is 2. The molecule has 1 aliphatic rings. The maximum atomic E-state index is 14.1. The monoisotopic (exact) mass is 527 g/mol. The Morgan fingerprint density at radius 2 is 1.74 bits per heavy atom. The number of rotatable bonds is 6. The Hall–Kier alpha value is -4.15. The third kappa shape index (κ3) is 5.13. The van der Waals surface area contributed by atoms with E-state index >= 15 is 0 Å². The van der Waals surface area contributed by atoms with E-state index in [1.54, 1.807) is 31.2 Å². The molecule has 1 atom stereocenters. The SMILES string of the molecule is CNC(=O)c1ccc(-n2c(NC(C)C)nc3c(c2=O)C[C@@H](C)N(C(=O)c2ccc(C(F)F)c(F)c2)C3)cc1. The smallest absolute Gasteiger partial charge is 0.266 e. The van der Waals surface area contributed by atoms with Crippen LogP contribution in [0.15, 0.2) is 47.3 Å². The maximum absolute atomic E-state index is 14.1. The Kier molecular flexibility index (Phi) is 7.56. The molecule has 2 aromatic carbocycles. The van der Waals surface area contributed by atoms with E-state index < -0.39 is 29.8 Å². The zero-order valence-electron chi connectivity index (χ0n) is 21.4. The lowest BCUT2D eigenvalue weighted by Crippen LogP contribution is -2.46. The molecular weight excluding hydrogens is 499 g/mol. The summed E-state index contributed by atoms with van der Waals surface area (Å²) in [5.41, 5.74) is 0.646. The predicted octanol–water partition coefficient (Wildman–Crippen LogP) is 4.08. The topological polar surface area (TPSA) is 96.3 Å². The van der Waals surface area contributed by atoms with Crippen molar-refractivity contribution in [2.75, 3.05) is 12.4 Å². The number of fused-ring (bicyclic) bond motifs is 1. The van der Waals surface area contributed by atoms with Crippen molar-refractivity contribution in [2.45, 2.75) is 52.2 Å². The molecule has 3 aromatic rings. The van der Waals surface area contributed by atoms with Crippen LogP contribution in [-0.2, 0) is 13.0 Å². The average molecular weight is 528 g/mol. The molecule has 0 radical (unpaired) electrons. The van der Waals surface area contributed by atoms with E-state index in [4.69, 9.17) is 0 Å². The highest BCUT2D eigenvalue weighted by atomic mass is 19.3. The number of aromatic nitrogens is 2. The van der Waals surface area contributed by atoms with Crippen LogP contribution in [0, 0.1) is 5.82 Å². The minimum absolute atomic E-state index is 0.00792. The van der Waals surface area contributed by atoms with E-state index in [1.165, 1.54) is 22.6 Å². The number of anilines is 1. The van der Waals surface area contributed by atoms with Gasteiger partial charge in [-0.1, -0.05) is 0 Å². The fourth-order valence-electron chi connectivity index (χ4n) is 4.43. The number of carbonyl (C=O) groups excluding carboxylic acids is 2. The molecule has 0 unspecified atom stereocenters. The number of nitrogens with one attached hydrogen (secondary N) is 2. The van der Waals surface area contributed by atoms with E-state index in [-0.39, 0.29) is 42.0 Å². The number of benzene rings is 2. The number of amides is 2. The molecule has 0 aliphatic carbocycles. The van der Waals surface area contributed by atoms with Gasteiger partial charge in [0.05, 0.1) is 23.5 Å². The van der Waals surface area contributed by atoms with E-state index in [9.17, 15) is 27.6 Å². The van der Waals surface area contributed by atoms with Gasteiger partial charge in [0.2, 0.25) is 5.95 Å². The number of hydrogen-bond donors (Lipinski definition) is 2. The van der Waals surface area contributed by atoms with Crippen molar-refractivity contribution >= 4 is 17.8 Å². The molecule has 8 nitrogen and oxygen atoms in total. The zero-order chi connectivity index (χ0) is 27.7. The molecule has 0 spiro atoms. The van der Waals surface area contributed by atoms with Crippen LogP contribution in [0.4, 0.5) is 19.1 Å². The molecule has 0 saturated carbocycles. The second-order valence-corrected chi connectivity index (χ2v) is 9.45. The minimum Gasteiger partial charge on any atom is -0.355 e. The Balaban J connectivity index is 1.73. The molecule has 0 fully saturated rings. The van der Waals surface area contributed by atoms with Crippen LogP contribution in [0.3, 0.4) is 0 Å². The summed E-state index contributed by atoms with van der Waals surface area (Å²) < 4.78 is 41.5. The van der Waals surface area contributed by atoms with Crippen molar-refractivity contribution in [1.82, 2.24) is 19.8 Å². The van der Waals surface area contributed by atoms with Gasteiger partial charge in [0.1, 0.15) is 5.82 Å². The van der Waals surface area contributed by atoms with Crippen LogP contribution in [0.1, 0.15) is 64.7 Å². The van der Waals surface area contributed by atoms with E-state index in [0.29, 0.717) is 22.5 Å². The highest BCUT2D eigenvalue weighted by Crippen LogP contribution is 2.27. The van der Waals surface area contributed by atoms with Gasteiger partial charge < -0.3 is 15.5 Å². The van der Waals surface area contributed by atoms with Crippen molar-refractivity contribution < 1.29 is 22.8 Å². The Morgan fingerprint density at radius 3 is 2.32 bits per heavy atom. The number of hydrogen-bond acceptors (Lipinski definition) is 5. The van der Waals surface area contributed by atoms with Crippen molar-refractivity contribution in [3.05, 3.63) is 86.6 Å². The lowest BCUT2D eigenvalue weighted by molar-refractivity contribution is 0.0652. The van der Waals surface area contributed by atoms with Crippen LogP contribution in [-0.4, -0.2) is 45.4 Å². The first kappa shape index (κ1) is 26.9. The van der Waals surface area contributed by atoms with Gasteiger partial charge in [0, 0.05) is 35.8 Å². The summed E-state index contributed by atoms with van der Waals surface area (Å²) in [5.74, 6) is -1.68. The van der Waals surface area contributed by atoms with Crippen LogP contribution < -0.4 is 16.2 Å². The van der Waals surface area contributed by atoms with Gasteiger partial charge in [-0.15, -0.1) is 0 Å². The molecule has 0 bridgehead atoms. The molecule has 1 aromatic heterocycles. The highest BCUT2D eigenvalue weighted by molar-refractivity contribution is 5.95. The predicted molar refractivity (Wildman–Crippen MR) is 136 cm³/mol. The Labute approximate surface area is 217 Å². The normalized spacial score (nSPS) is 15.0. The summed E-state index contributed by atoms with van der Waals surface area (Å²) in [6, 6.07) is 8.92. The minimum atomic E-state index is -2.99. The van der Waals surface area contributed by atoms with Gasteiger partial charge in [-0.3, -0.25) is 14.4 Å². The first-order valence-corrected chi connectivity index (χ1v) is 12.1. The molecule has 0 saturated heterocycles. The summed E-state index contributed by atoms with van der Waals surface area (Å²) >= 11 is 0. The molecule has 1 aliphatic heterocycles. The fourth-order valence-corrected chi connectivity index (χ4v) is 4.43. The van der Waals surface area contributed by atoms with Gasteiger partial charge in [-0.2, -0.15) is 0 Å². The van der Waals surface area contributed by atoms with Crippen LogP contribution in [0.2, 0.25) is 0 Å². The standard InChI is InChI=1S/C27H28F3N5O3/c1-14(2)32-27-33-22-13-34(25(37)17-7-10-19(23(29)30)21(28)12-17)15(3)11-20(22)26(38)35(27)18-8-5-16(6-9-18)24(36)31-4/h5-10,12,14-15,23H,11,13H2,1-4H3,(H,31,36)(H,32,33)/t15-/m1/s1. The van der Waals surface area contributed by atoms with Crippen LogP contribution >= 0.6 is 0 Å². The largest absolute Gasteiger partial charge is 0.355 e. The van der Waals surface area contributed by atoms with Crippen LogP contribution in [0.25, 0.3) is 5.69 Å². The second-order valence-electron chi connectivity index (χ2n) is 9.45. The highest BCUT2D eigenvalue weighted by Gasteiger charge is 2.32. The number of halogens is 3. The summed E-state index contributed by atoms with van der Waals surface area (Å²) in [4.78, 5) is 45.0. The maximum Gasteiger partial charge on any atom is 0.266 e. The summed E-state index contributed by atoms with van der Waals surface area (Å²) in [6.45, 7) is 5.53. The first-order chi connectivity index (χ1) is 18.0. The first-order valence-electron chi connectivity index (χ1n) is 12.1. The van der Waals surface area contributed by atoms with Gasteiger partial charge in [-0.05, 0) is 69.7 Å². The quantitative estimate of drug-likeness (QED) is 0.504. The summed E-state index contributed by atoms with van der Waals surface area (Å²) in [7, 11) is 1.53. The van der Waals surface area contributed by atoms with E-state index in [2.05, 4.69) is 15.6 Å². The molecule has 2 N–H and O–H groups in total. The molecule has 2 amide bonds. The number of alkyl halides is 2. The Morgan fingerprint density at radius 1 is 1.08 bits per heavy atom. The average Bonchev–Trinajstić information content (AvgIpc) is 2.87. The third-order valence-corrected chi connectivity index (χ3v) is 6.39. The van der Waals surface area contributed by atoms with Gasteiger partial charge in [0.25, 0.3) is 23.8 Å². The van der Waals surface area contributed by atoms with Gasteiger partial charge in [-0.25, -0.2) is 22.7 Å². The van der Waals surface area contributed by atoms with Crippen molar-refractivity contribution in [1.29, 1.82) is 0 Å². The van der Waals surface area contributed by atoms with Crippen molar-refractivity contribution in [3.63, 3.8) is 0 Å². The molecule has 38 heavy (non-hydrogen) atoms. The van der Waals surface area contributed by atoms with Gasteiger partial charge in [0.15, 0.2) is 0 Å². The molecular formula is C27H28F3N5O3. The zero-order valence-corrected chi connectivity index (χ0v) is 21.4. The molecule has 2 heterocycles. The molecule has 200 valence electrons. The summed E-state index contributed by atoms with van der Waals surface area (Å²) in [6.07, 6.45) is -2.79. The third-order valence-electron chi connectivity index (χ3n) is 6.39. The molecule has 4 rings (SSSR count). The van der Waals surface area contributed by atoms with Crippen molar-refractivity contribution in [2.24, 2.45) is 0 Å². The van der Waals surface area contributed by atoms with Gasteiger partial charge >= 0.3 is 0 Å². The lowest BCUT2D eigenvalue weighted by atomic mass is 9.98. The fraction of sp³-hybridized carbons (Fsp3) is 0.333. The number of nitrogens with zero attached hydrogens (tertiary/aromatic N) is 3. The van der Waals surface area contributed by atoms with E-state index in [0.717, 1.165) is 12.1 Å². The molecule has 11 heteroatoms. The van der Waals surface area contributed by atoms with Crippen LogP contribution in [0.5, 0.6) is 0 Å². The summed E-state index contributed by atoms with van der Waals surface area (Å²) in [5, 5.41) is 5.72. The lowest BCUT2D eigenvalue weighted by Gasteiger charge is -2.34. The second kappa shape index (κ2) is 10.7. The Bertz CT molecular complexity index is 1440. The van der Waals surface area contributed by atoms with E-state index in [1.807, 2.05) is 13.8 Å².